The highest BCUT2D eigenvalue weighted by molar-refractivity contribution is 5.38. The summed E-state index contributed by atoms with van der Waals surface area (Å²) in [6, 6.07) is 3.75. The Kier molecular flexibility index (Phi) is 2.90. The number of nitrogens with zero attached hydrogens (tertiary/aromatic N) is 3. The van der Waals surface area contributed by atoms with Crippen molar-refractivity contribution in [2.45, 2.75) is 20.3 Å². The van der Waals surface area contributed by atoms with Gasteiger partial charge in [-0.15, -0.1) is 0 Å². The molecule has 0 saturated heterocycles. The second-order valence-electron chi connectivity index (χ2n) is 4.29. The summed E-state index contributed by atoms with van der Waals surface area (Å²) in [5.41, 5.74) is 7.76. The molecule has 0 radical (unpaired) electrons. The minimum absolute atomic E-state index is 0.536. The summed E-state index contributed by atoms with van der Waals surface area (Å²) < 4.78 is 2.05. The first-order valence-corrected chi connectivity index (χ1v) is 5.40. The van der Waals surface area contributed by atoms with Gasteiger partial charge in [-0.05, 0) is 24.5 Å². The lowest BCUT2D eigenvalue weighted by Crippen LogP contribution is -2.03. The number of aromatic nitrogens is 3. The third kappa shape index (κ3) is 2.21. The van der Waals surface area contributed by atoms with E-state index in [-0.39, 0.29) is 0 Å². The van der Waals surface area contributed by atoms with Gasteiger partial charge in [-0.25, -0.2) is 9.97 Å². The molecule has 2 aromatic rings. The molecule has 0 spiro atoms. The molecule has 2 heterocycles. The molecule has 0 aliphatic carbocycles. The van der Waals surface area contributed by atoms with Crippen molar-refractivity contribution in [1.82, 2.24) is 14.5 Å². The maximum absolute atomic E-state index is 5.56. The molecular weight excluding hydrogens is 200 g/mol. The highest BCUT2D eigenvalue weighted by Crippen LogP contribution is 2.14. The molecule has 0 saturated carbocycles. The molecule has 16 heavy (non-hydrogen) atoms. The number of anilines is 1. The van der Waals surface area contributed by atoms with Crippen molar-refractivity contribution >= 4 is 5.82 Å². The molecule has 0 aliphatic rings. The predicted octanol–water partition coefficient (Wildman–Crippen LogP) is 2.05. The Labute approximate surface area is 95.1 Å². The second kappa shape index (κ2) is 4.35. The molecule has 2 N–H and O–H groups in total. The number of nitrogens with two attached hydrogens (primary N) is 1. The smallest absolute Gasteiger partial charge is 0.123 e. The van der Waals surface area contributed by atoms with Gasteiger partial charge in [0.1, 0.15) is 5.82 Å². The van der Waals surface area contributed by atoms with E-state index in [0.29, 0.717) is 11.7 Å². The van der Waals surface area contributed by atoms with Crippen LogP contribution in [0.2, 0.25) is 0 Å². The second-order valence-corrected chi connectivity index (χ2v) is 4.29. The number of pyridine rings is 1. The van der Waals surface area contributed by atoms with Crippen LogP contribution in [0.5, 0.6) is 0 Å². The summed E-state index contributed by atoms with van der Waals surface area (Å²) in [6.07, 6.45) is 6.48. The average Bonchev–Trinajstić information content (AvgIpc) is 2.66. The Balaban J connectivity index is 2.33. The van der Waals surface area contributed by atoms with E-state index in [0.717, 1.165) is 12.1 Å². The lowest BCUT2D eigenvalue weighted by atomic mass is 10.1. The topological polar surface area (TPSA) is 56.7 Å². The van der Waals surface area contributed by atoms with Crippen LogP contribution < -0.4 is 5.73 Å². The van der Waals surface area contributed by atoms with Gasteiger partial charge < -0.3 is 10.3 Å². The van der Waals surface area contributed by atoms with E-state index >= 15 is 0 Å². The van der Waals surface area contributed by atoms with Crippen LogP contribution in [0.3, 0.4) is 0 Å². The SMILES string of the molecule is CC(C)Cc1cncn1-c1ccc(N)nc1. The van der Waals surface area contributed by atoms with Gasteiger partial charge in [-0.3, -0.25) is 0 Å². The van der Waals surface area contributed by atoms with Crippen molar-refractivity contribution in [3.05, 3.63) is 36.5 Å². The van der Waals surface area contributed by atoms with Crippen molar-refractivity contribution < 1.29 is 0 Å². The fourth-order valence-electron chi connectivity index (χ4n) is 1.66. The van der Waals surface area contributed by atoms with Gasteiger partial charge in [0.2, 0.25) is 0 Å². The molecule has 0 bridgehead atoms. The van der Waals surface area contributed by atoms with Gasteiger partial charge in [0.15, 0.2) is 0 Å². The monoisotopic (exact) mass is 216 g/mol. The fraction of sp³-hybridized carbons (Fsp3) is 0.333. The standard InChI is InChI=1S/C12H16N4/c1-9(2)5-11-6-14-8-16(11)10-3-4-12(13)15-7-10/h3-4,6-9H,5H2,1-2H3,(H2,13,15). The molecule has 0 unspecified atom stereocenters. The van der Waals surface area contributed by atoms with Crippen LogP contribution in [0.4, 0.5) is 5.82 Å². The lowest BCUT2D eigenvalue weighted by molar-refractivity contribution is 0.627. The van der Waals surface area contributed by atoms with Gasteiger partial charge in [0.25, 0.3) is 0 Å². The Morgan fingerprint density at radius 3 is 2.75 bits per heavy atom. The molecule has 0 aliphatic heterocycles. The molecule has 0 aromatic carbocycles. The first-order chi connectivity index (χ1) is 7.66. The van der Waals surface area contributed by atoms with Crippen LogP contribution >= 0.6 is 0 Å². The van der Waals surface area contributed by atoms with Crippen molar-refractivity contribution in [1.29, 1.82) is 0 Å². The highest BCUT2D eigenvalue weighted by Gasteiger charge is 2.06. The first-order valence-electron chi connectivity index (χ1n) is 5.40. The van der Waals surface area contributed by atoms with Crippen LogP contribution in [0, 0.1) is 5.92 Å². The quantitative estimate of drug-likeness (QED) is 0.854. The average molecular weight is 216 g/mol. The summed E-state index contributed by atoms with van der Waals surface area (Å²) in [7, 11) is 0. The van der Waals surface area contributed by atoms with Gasteiger partial charge in [-0.2, -0.15) is 0 Å². The zero-order chi connectivity index (χ0) is 11.5. The first kappa shape index (κ1) is 10.7. The lowest BCUT2D eigenvalue weighted by Gasteiger charge is -2.09. The van der Waals surface area contributed by atoms with Crippen molar-refractivity contribution in [3.63, 3.8) is 0 Å². The molecule has 4 heteroatoms. The van der Waals surface area contributed by atoms with E-state index < -0.39 is 0 Å². The van der Waals surface area contributed by atoms with E-state index in [4.69, 9.17) is 5.73 Å². The Bertz CT molecular complexity index is 456. The van der Waals surface area contributed by atoms with Crippen LogP contribution in [-0.2, 0) is 6.42 Å². The maximum Gasteiger partial charge on any atom is 0.123 e. The molecule has 2 aromatic heterocycles. The minimum Gasteiger partial charge on any atom is -0.384 e. The van der Waals surface area contributed by atoms with Gasteiger partial charge in [0, 0.05) is 11.9 Å². The Morgan fingerprint density at radius 1 is 1.31 bits per heavy atom. The van der Waals surface area contributed by atoms with E-state index in [1.807, 2.05) is 23.2 Å². The van der Waals surface area contributed by atoms with Crippen LogP contribution in [0.15, 0.2) is 30.9 Å². The summed E-state index contributed by atoms with van der Waals surface area (Å²) in [5.74, 6) is 1.14. The molecule has 84 valence electrons. The fourth-order valence-corrected chi connectivity index (χ4v) is 1.66. The Hall–Kier alpha value is -1.84. The van der Waals surface area contributed by atoms with Crippen molar-refractivity contribution in [2.75, 3.05) is 5.73 Å². The minimum atomic E-state index is 0.536. The van der Waals surface area contributed by atoms with Crippen LogP contribution in [-0.4, -0.2) is 14.5 Å². The third-order valence-electron chi connectivity index (χ3n) is 2.38. The number of imidazole rings is 1. The van der Waals surface area contributed by atoms with E-state index in [1.165, 1.54) is 5.69 Å². The molecular formula is C12H16N4. The van der Waals surface area contributed by atoms with Crippen LogP contribution in [0.1, 0.15) is 19.5 Å². The Morgan fingerprint density at radius 2 is 2.12 bits per heavy atom. The molecule has 0 amide bonds. The maximum atomic E-state index is 5.56. The van der Waals surface area contributed by atoms with Gasteiger partial charge in [0.05, 0.1) is 18.2 Å². The van der Waals surface area contributed by atoms with Crippen molar-refractivity contribution in [3.8, 4) is 5.69 Å². The number of nitrogen functional groups attached to an aromatic ring is 1. The summed E-state index contributed by atoms with van der Waals surface area (Å²) in [4.78, 5) is 8.26. The summed E-state index contributed by atoms with van der Waals surface area (Å²) in [6.45, 7) is 4.39. The zero-order valence-electron chi connectivity index (χ0n) is 9.59. The normalized spacial score (nSPS) is 10.9. The largest absolute Gasteiger partial charge is 0.384 e. The summed E-state index contributed by atoms with van der Waals surface area (Å²) in [5, 5.41) is 0. The van der Waals surface area contributed by atoms with E-state index in [2.05, 4.69) is 23.8 Å². The van der Waals surface area contributed by atoms with Gasteiger partial charge >= 0.3 is 0 Å². The molecule has 0 fully saturated rings. The van der Waals surface area contributed by atoms with Crippen LogP contribution in [0.25, 0.3) is 5.69 Å². The van der Waals surface area contributed by atoms with Crippen molar-refractivity contribution in [2.24, 2.45) is 5.92 Å². The summed E-state index contributed by atoms with van der Waals surface area (Å²) >= 11 is 0. The number of hydrogen-bond donors (Lipinski definition) is 1. The molecule has 4 nitrogen and oxygen atoms in total. The zero-order valence-corrected chi connectivity index (χ0v) is 9.59. The molecule has 2 rings (SSSR count). The highest BCUT2D eigenvalue weighted by atomic mass is 15.1. The predicted molar refractivity (Wildman–Crippen MR) is 64.3 cm³/mol. The van der Waals surface area contributed by atoms with Gasteiger partial charge in [-0.1, -0.05) is 13.8 Å². The third-order valence-corrected chi connectivity index (χ3v) is 2.38. The number of hydrogen-bond acceptors (Lipinski definition) is 3. The number of rotatable bonds is 3. The van der Waals surface area contributed by atoms with E-state index in [9.17, 15) is 0 Å². The molecule has 0 atom stereocenters. The van der Waals surface area contributed by atoms with E-state index in [1.54, 1.807) is 12.3 Å².